The summed E-state index contributed by atoms with van der Waals surface area (Å²) in [5.74, 6) is 0.476. The molecule has 2 aromatic rings. The van der Waals surface area contributed by atoms with Crippen LogP contribution in [0.3, 0.4) is 0 Å². The molecular weight excluding hydrogens is 216 g/mol. The van der Waals surface area contributed by atoms with Crippen LogP contribution in [0.5, 0.6) is 0 Å². The fraction of sp³-hybridized carbons (Fsp3) is 0.300. The molecule has 0 saturated heterocycles. The first kappa shape index (κ1) is 10.3. The van der Waals surface area contributed by atoms with E-state index >= 15 is 0 Å². The Morgan fingerprint density at radius 3 is 2.93 bits per heavy atom. The van der Waals surface area contributed by atoms with Crippen LogP contribution in [0.25, 0.3) is 0 Å². The molecule has 2 heterocycles. The minimum atomic E-state index is -0.679. The Morgan fingerprint density at radius 2 is 2.40 bits per heavy atom. The van der Waals surface area contributed by atoms with Gasteiger partial charge in [0.05, 0.1) is 6.20 Å². The van der Waals surface area contributed by atoms with Gasteiger partial charge in [0.15, 0.2) is 5.22 Å². The predicted octanol–water partition coefficient (Wildman–Crippen LogP) is 1.94. The molecule has 0 aliphatic rings. The molecule has 80 valence electrons. The normalized spacial score (nSPS) is 13.0. The first-order valence-electron chi connectivity index (χ1n) is 4.56. The first-order valence-corrected chi connectivity index (χ1v) is 4.94. The molecule has 4 nitrogen and oxygen atoms in total. The van der Waals surface area contributed by atoms with Gasteiger partial charge in [-0.1, -0.05) is 0 Å². The van der Waals surface area contributed by atoms with Gasteiger partial charge < -0.3 is 9.52 Å². The van der Waals surface area contributed by atoms with Crippen molar-refractivity contribution in [2.75, 3.05) is 0 Å². The van der Waals surface area contributed by atoms with E-state index in [0.717, 1.165) is 5.56 Å². The monoisotopic (exact) mass is 226 g/mol. The highest BCUT2D eigenvalue weighted by Gasteiger charge is 2.13. The second-order valence-corrected chi connectivity index (χ2v) is 3.76. The largest absolute Gasteiger partial charge is 0.447 e. The van der Waals surface area contributed by atoms with Crippen molar-refractivity contribution in [3.63, 3.8) is 0 Å². The fourth-order valence-electron chi connectivity index (χ4n) is 1.41. The van der Waals surface area contributed by atoms with Crippen LogP contribution in [0.2, 0.25) is 5.22 Å². The van der Waals surface area contributed by atoms with Crippen molar-refractivity contribution in [1.29, 1.82) is 0 Å². The number of furan rings is 1. The summed E-state index contributed by atoms with van der Waals surface area (Å²) in [7, 11) is 1.83. The molecule has 0 amide bonds. The highest BCUT2D eigenvalue weighted by atomic mass is 35.5. The maximum absolute atomic E-state index is 9.81. The number of nitrogens with zero attached hydrogens (tertiary/aromatic N) is 2. The van der Waals surface area contributed by atoms with E-state index in [0.29, 0.717) is 12.2 Å². The number of hydrogen-bond acceptors (Lipinski definition) is 3. The SMILES string of the molecule is Cn1cc(CC(O)c2ccc(Cl)o2)cn1. The molecule has 0 radical (unpaired) electrons. The average molecular weight is 227 g/mol. The van der Waals surface area contributed by atoms with E-state index in [1.54, 1.807) is 23.0 Å². The van der Waals surface area contributed by atoms with Crippen LogP contribution in [0.4, 0.5) is 0 Å². The summed E-state index contributed by atoms with van der Waals surface area (Å²) in [6.45, 7) is 0. The molecule has 0 aliphatic heterocycles. The molecule has 0 bridgehead atoms. The van der Waals surface area contributed by atoms with Crippen LogP contribution in [0, 0.1) is 0 Å². The molecule has 15 heavy (non-hydrogen) atoms. The lowest BCUT2D eigenvalue weighted by Crippen LogP contribution is -1.99. The second-order valence-electron chi connectivity index (χ2n) is 3.38. The maximum Gasteiger partial charge on any atom is 0.193 e. The van der Waals surface area contributed by atoms with E-state index in [2.05, 4.69) is 5.10 Å². The molecule has 0 spiro atoms. The third kappa shape index (κ3) is 2.40. The van der Waals surface area contributed by atoms with Crippen molar-refractivity contribution < 1.29 is 9.52 Å². The van der Waals surface area contributed by atoms with Gasteiger partial charge in [-0.15, -0.1) is 0 Å². The van der Waals surface area contributed by atoms with Gasteiger partial charge in [0.25, 0.3) is 0 Å². The minimum Gasteiger partial charge on any atom is -0.447 e. The Labute approximate surface area is 92.1 Å². The fourth-order valence-corrected chi connectivity index (χ4v) is 1.56. The van der Waals surface area contributed by atoms with Crippen molar-refractivity contribution in [2.24, 2.45) is 7.05 Å². The molecule has 5 heteroatoms. The average Bonchev–Trinajstić information content (AvgIpc) is 2.75. The summed E-state index contributed by atoms with van der Waals surface area (Å²) < 4.78 is 6.80. The molecule has 1 atom stereocenters. The van der Waals surface area contributed by atoms with Gasteiger partial charge in [-0.05, 0) is 29.3 Å². The van der Waals surface area contributed by atoms with E-state index < -0.39 is 6.10 Å². The Hall–Kier alpha value is -1.26. The van der Waals surface area contributed by atoms with Gasteiger partial charge >= 0.3 is 0 Å². The highest BCUT2D eigenvalue weighted by molar-refractivity contribution is 6.28. The molecule has 1 N–H and O–H groups in total. The molecule has 1 unspecified atom stereocenters. The molecule has 2 aromatic heterocycles. The zero-order valence-corrected chi connectivity index (χ0v) is 8.98. The predicted molar refractivity (Wildman–Crippen MR) is 55.6 cm³/mol. The second kappa shape index (κ2) is 4.08. The third-order valence-corrected chi connectivity index (χ3v) is 2.31. The number of rotatable bonds is 3. The lowest BCUT2D eigenvalue weighted by molar-refractivity contribution is 0.150. The molecule has 0 aromatic carbocycles. The van der Waals surface area contributed by atoms with Gasteiger partial charge in [-0.2, -0.15) is 5.10 Å². The van der Waals surface area contributed by atoms with Gasteiger partial charge in [0, 0.05) is 19.7 Å². The Morgan fingerprint density at radius 1 is 1.60 bits per heavy atom. The van der Waals surface area contributed by atoms with E-state index in [4.69, 9.17) is 16.0 Å². The summed E-state index contributed by atoms with van der Waals surface area (Å²) in [6, 6.07) is 3.28. The minimum absolute atomic E-state index is 0.287. The van der Waals surface area contributed by atoms with E-state index in [9.17, 15) is 5.11 Å². The van der Waals surface area contributed by atoms with Crippen LogP contribution in [-0.4, -0.2) is 14.9 Å². The summed E-state index contributed by atoms with van der Waals surface area (Å²) in [5, 5.41) is 14.1. The Balaban J connectivity index is 2.06. The number of hydrogen-bond donors (Lipinski definition) is 1. The lowest BCUT2D eigenvalue weighted by Gasteiger charge is -2.04. The van der Waals surface area contributed by atoms with Crippen LogP contribution in [0.15, 0.2) is 28.9 Å². The van der Waals surface area contributed by atoms with Crippen LogP contribution in [-0.2, 0) is 13.5 Å². The van der Waals surface area contributed by atoms with Crippen molar-refractivity contribution >= 4 is 11.6 Å². The molecule has 0 fully saturated rings. The standard InChI is InChI=1S/C10H11ClN2O2/c1-13-6-7(5-12-13)4-8(14)9-2-3-10(11)15-9/h2-3,5-6,8,14H,4H2,1H3. The van der Waals surface area contributed by atoms with Gasteiger partial charge in [-0.3, -0.25) is 4.68 Å². The molecular formula is C10H11ClN2O2. The summed E-state index contributed by atoms with van der Waals surface area (Å²) in [4.78, 5) is 0. The number of aromatic nitrogens is 2. The highest BCUT2D eigenvalue weighted by Crippen LogP contribution is 2.22. The Kier molecular flexibility index (Phi) is 2.79. The summed E-state index contributed by atoms with van der Waals surface area (Å²) >= 11 is 5.62. The van der Waals surface area contributed by atoms with E-state index in [1.807, 2.05) is 13.2 Å². The molecule has 0 aliphatic carbocycles. The van der Waals surface area contributed by atoms with Crippen LogP contribution >= 0.6 is 11.6 Å². The maximum atomic E-state index is 9.81. The summed E-state index contributed by atoms with van der Waals surface area (Å²) in [5.41, 5.74) is 0.956. The Bertz CT molecular complexity index is 450. The molecule has 0 saturated carbocycles. The first-order chi connectivity index (χ1) is 7.15. The topological polar surface area (TPSA) is 51.2 Å². The van der Waals surface area contributed by atoms with Crippen LogP contribution < -0.4 is 0 Å². The van der Waals surface area contributed by atoms with Crippen molar-refractivity contribution in [1.82, 2.24) is 9.78 Å². The summed E-state index contributed by atoms with van der Waals surface area (Å²) in [6.07, 6.45) is 3.36. The van der Waals surface area contributed by atoms with E-state index in [-0.39, 0.29) is 5.22 Å². The van der Waals surface area contributed by atoms with Crippen molar-refractivity contribution in [2.45, 2.75) is 12.5 Å². The quantitative estimate of drug-likeness (QED) is 0.870. The number of aliphatic hydroxyl groups is 1. The van der Waals surface area contributed by atoms with Gasteiger partial charge in [0.2, 0.25) is 0 Å². The number of aliphatic hydroxyl groups excluding tert-OH is 1. The molecule has 2 rings (SSSR count). The number of aryl methyl sites for hydroxylation is 1. The van der Waals surface area contributed by atoms with Crippen molar-refractivity contribution in [3.05, 3.63) is 41.1 Å². The van der Waals surface area contributed by atoms with E-state index in [1.165, 1.54) is 0 Å². The smallest absolute Gasteiger partial charge is 0.193 e. The van der Waals surface area contributed by atoms with Crippen LogP contribution in [0.1, 0.15) is 17.4 Å². The third-order valence-electron chi connectivity index (χ3n) is 2.11. The van der Waals surface area contributed by atoms with Gasteiger partial charge in [0.1, 0.15) is 11.9 Å². The number of halogens is 1. The van der Waals surface area contributed by atoms with Gasteiger partial charge in [-0.25, -0.2) is 0 Å². The zero-order chi connectivity index (χ0) is 10.8. The zero-order valence-electron chi connectivity index (χ0n) is 8.22. The van der Waals surface area contributed by atoms with Crippen molar-refractivity contribution in [3.8, 4) is 0 Å². The lowest BCUT2D eigenvalue weighted by atomic mass is 10.1.